The minimum atomic E-state index is -3.62. The number of fused-ring (bicyclic) bond motifs is 1. The number of rotatable bonds is 4. The minimum Gasteiger partial charge on any atom is -0.277 e. The van der Waals surface area contributed by atoms with Crippen LogP contribution in [0, 0.1) is 0 Å². The van der Waals surface area contributed by atoms with Crippen molar-refractivity contribution in [3.63, 3.8) is 0 Å². The lowest BCUT2D eigenvalue weighted by molar-refractivity contribution is 0.601. The van der Waals surface area contributed by atoms with Crippen molar-refractivity contribution in [2.45, 2.75) is 18.2 Å². The number of sulfonamides is 1. The molecule has 22 heavy (non-hydrogen) atoms. The van der Waals surface area contributed by atoms with Crippen LogP contribution in [-0.2, 0) is 16.4 Å². The van der Waals surface area contributed by atoms with E-state index < -0.39 is 10.0 Å². The number of hydrogen-bond donors (Lipinski definition) is 1. The molecule has 5 heteroatoms. The summed E-state index contributed by atoms with van der Waals surface area (Å²) in [5, 5.41) is 0.893. The lowest BCUT2D eigenvalue weighted by Gasteiger charge is -2.10. The number of benzene rings is 2. The standard InChI is InChI=1S/C17H16N2O2S/c1-2-13-8-10-15(11-9-13)22(20,21)19-16-7-3-5-14-6-4-12-18-17(14)16/h3-12,19H,2H2,1H3. The monoisotopic (exact) mass is 312 g/mol. The Bertz CT molecular complexity index is 898. The number of anilines is 1. The second-order valence-corrected chi connectivity index (χ2v) is 6.67. The van der Waals surface area contributed by atoms with E-state index in [1.807, 2.05) is 43.3 Å². The van der Waals surface area contributed by atoms with Crippen LogP contribution in [0.4, 0.5) is 5.69 Å². The van der Waals surface area contributed by atoms with Crippen LogP contribution in [-0.4, -0.2) is 13.4 Å². The second-order valence-electron chi connectivity index (χ2n) is 4.98. The Hall–Kier alpha value is -2.40. The van der Waals surface area contributed by atoms with E-state index in [4.69, 9.17) is 0 Å². The normalized spacial score (nSPS) is 11.5. The molecule has 3 rings (SSSR count). The first-order valence-corrected chi connectivity index (χ1v) is 8.54. The van der Waals surface area contributed by atoms with Crippen molar-refractivity contribution in [1.29, 1.82) is 0 Å². The summed E-state index contributed by atoms with van der Waals surface area (Å²) >= 11 is 0. The van der Waals surface area contributed by atoms with Gasteiger partial charge in [0.15, 0.2) is 0 Å². The van der Waals surface area contributed by atoms with Crippen LogP contribution in [0.25, 0.3) is 10.9 Å². The highest BCUT2D eigenvalue weighted by Gasteiger charge is 2.15. The molecule has 2 aromatic carbocycles. The third-order valence-corrected chi connectivity index (χ3v) is 4.90. The average Bonchev–Trinajstić information content (AvgIpc) is 2.55. The maximum atomic E-state index is 12.5. The number of aromatic nitrogens is 1. The van der Waals surface area contributed by atoms with Crippen LogP contribution in [0.3, 0.4) is 0 Å². The van der Waals surface area contributed by atoms with E-state index in [0.717, 1.165) is 17.4 Å². The Kier molecular flexibility index (Phi) is 3.81. The molecule has 1 N–H and O–H groups in total. The van der Waals surface area contributed by atoms with E-state index in [0.29, 0.717) is 11.2 Å². The molecule has 0 bridgehead atoms. The molecule has 1 heterocycles. The van der Waals surface area contributed by atoms with E-state index in [2.05, 4.69) is 9.71 Å². The molecule has 0 saturated carbocycles. The summed E-state index contributed by atoms with van der Waals surface area (Å²) in [4.78, 5) is 4.51. The van der Waals surface area contributed by atoms with Gasteiger partial charge in [-0.15, -0.1) is 0 Å². The zero-order valence-electron chi connectivity index (χ0n) is 12.2. The van der Waals surface area contributed by atoms with Gasteiger partial charge in [0.25, 0.3) is 10.0 Å². The van der Waals surface area contributed by atoms with E-state index in [9.17, 15) is 8.42 Å². The van der Waals surface area contributed by atoms with Crippen molar-refractivity contribution < 1.29 is 8.42 Å². The number of nitrogens with zero attached hydrogens (tertiary/aromatic N) is 1. The summed E-state index contributed by atoms with van der Waals surface area (Å²) in [5.41, 5.74) is 2.22. The summed E-state index contributed by atoms with van der Waals surface area (Å²) in [6.07, 6.45) is 2.52. The third kappa shape index (κ3) is 2.80. The quantitative estimate of drug-likeness (QED) is 0.801. The molecule has 0 amide bonds. The van der Waals surface area contributed by atoms with Crippen molar-refractivity contribution in [3.05, 3.63) is 66.4 Å². The number of para-hydroxylation sites is 1. The lowest BCUT2D eigenvalue weighted by atomic mass is 10.2. The Morgan fingerprint density at radius 1 is 1.00 bits per heavy atom. The summed E-state index contributed by atoms with van der Waals surface area (Å²) in [7, 11) is -3.62. The fourth-order valence-electron chi connectivity index (χ4n) is 2.29. The summed E-state index contributed by atoms with van der Waals surface area (Å²) in [6, 6.07) is 16.1. The van der Waals surface area contributed by atoms with E-state index >= 15 is 0 Å². The molecule has 0 unspecified atom stereocenters. The molecule has 1 aromatic heterocycles. The summed E-state index contributed by atoms with van der Waals surface area (Å²) < 4.78 is 27.6. The zero-order valence-corrected chi connectivity index (χ0v) is 13.0. The average molecular weight is 312 g/mol. The molecule has 0 aliphatic heterocycles. The largest absolute Gasteiger partial charge is 0.277 e. The number of aryl methyl sites for hydroxylation is 1. The van der Waals surface area contributed by atoms with Crippen LogP contribution in [0.15, 0.2) is 65.7 Å². The van der Waals surface area contributed by atoms with Crippen molar-refractivity contribution in [3.8, 4) is 0 Å². The fraction of sp³-hybridized carbons (Fsp3) is 0.118. The van der Waals surface area contributed by atoms with E-state index in [-0.39, 0.29) is 4.90 Å². The minimum absolute atomic E-state index is 0.248. The van der Waals surface area contributed by atoms with Crippen LogP contribution < -0.4 is 4.72 Å². The molecule has 3 aromatic rings. The van der Waals surface area contributed by atoms with Crippen molar-refractivity contribution in [1.82, 2.24) is 4.98 Å². The van der Waals surface area contributed by atoms with E-state index in [1.165, 1.54) is 0 Å². The maximum Gasteiger partial charge on any atom is 0.261 e. The smallest absolute Gasteiger partial charge is 0.261 e. The Morgan fingerprint density at radius 3 is 2.45 bits per heavy atom. The summed E-state index contributed by atoms with van der Waals surface area (Å²) in [5.74, 6) is 0. The molecule has 0 atom stereocenters. The predicted octanol–water partition coefficient (Wildman–Crippen LogP) is 3.60. The number of pyridine rings is 1. The second kappa shape index (κ2) is 5.77. The van der Waals surface area contributed by atoms with Gasteiger partial charge in [0.2, 0.25) is 0 Å². The first-order valence-electron chi connectivity index (χ1n) is 7.05. The van der Waals surface area contributed by atoms with Gasteiger partial charge in [0.05, 0.1) is 16.1 Å². The highest BCUT2D eigenvalue weighted by atomic mass is 32.2. The van der Waals surface area contributed by atoms with Crippen molar-refractivity contribution in [2.75, 3.05) is 4.72 Å². The van der Waals surface area contributed by atoms with Gasteiger partial charge >= 0.3 is 0 Å². The first kappa shape index (κ1) is 14.5. The van der Waals surface area contributed by atoms with Crippen LogP contribution in [0.1, 0.15) is 12.5 Å². The van der Waals surface area contributed by atoms with Gasteiger partial charge in [-0.25, -0.2) is 8.42 Å². The molecule has 0 spiro atoms. The molecular formula is C17H16N2O2S. The van der Waals surface area contributed by atoms with Crippen molar-refractivity contribution >= 4 is 26.6 Å². The number of nitrogens with one attached hydrogen (secondary N) is 1. The Balaban J connectivity index is 1.99. The highest BCUT2D eigenvalue weighted by molar-refractivity contribution is 7.92. The van der Waals surface area contributed by atoms with Gasteiger partial charge in [0.1, 0.15) is 0 Å². The number of hydrogen-bond acceptors (Lipinski definition) is 3. The first-order chi connectivity index (χ1) is 10.6. The van der Waals surface area contributed by atoms with Gasteiger partial charge in [-0.1, -0.05) is 37.3 Å². The summed E-state index contributed by atoms with van der Waals surface area (Å²) in [6.45, 7) is 2.03. The van der Waals surface area contributed by atoms with Crippen LogP contribution >= 0.6 is 0 Å². The topological polar surface area (TPSA) is 59.1 Å². The maximum absolute atomic E-state index is 12.5. The molecule has 0 aliphatic rings. The van der Waals surface area contributed by atoms with E-state index in [1.54, 1.807) is 24.4 Å². The molecule has 4 nitrogen and oxygen atoms in total. The highest BCUT2D eigenvalue weighted by Crippen LogP contribution is 2.23. The molecule has 0 radical (unpaired) electrons. The molecule has 0 fully saturated rings. The fourth-order valence-corrected chi connectivity index (χ4v) is 3.36. The van der Waals surface area contributed by atoms with Crippen LogP contribution in [0.5, 0.6) is 0 Å². The third-order valence-electron chi connectivity index (χ3n) is 3.52. The van der Waals surface area contributed by atoms with Crippen LogP contribution in [0.2, 0.25) is 0 Å². The van der Waals surface area contributed by atoms with Gasteiger partial charge in [0, 0.05) is 11.6 Å². The van der Waals surface area contributed by atoms with Gasteiger partial charge in [-0.05, 0) is 36.2 Å². The van der Waals surface area contributed by atoms with Gasteiger partial charge in [-0.2, -0.15) is 0 Å². The molecular weight excluding hydrogens is 296 g/mol. The SMILES string of the molecule is CCc1ccc(S(=O)(=O)Nc2cccc3cccnc23)cc1. The van der Waals surface area contributed by atoms with Gasteiger partial charge in [-0.3, -0.25) is 9.71 Å². The lowest BCUT2D eigenvalue weighted by Crippen LogP contribution is -2.13. The predicted molar refractivity (Wildman–Crippen MR) is 88.4 cm³/mol. The zero-order chi connectivity index (χ0) is 15.6. The van der Waals surface area contributed by atoms with Crippen molar-refractivity contribution in [2.24, 2.45) is 0 Å². The molecule has 0 saturated heterocycles. The molecule has 112 valence electrons. The Labute approximate surface area is 129 Å². The van der Waals surface area contributed by atoms with Gasteiger partial charge < -0.3 is 0 Å². The Morgan fingerprint density at radius 2 is 1.73 bits per heavy atom. The molecule has 0 aliphatic carbocycles.